The van der Waals surface area contributed by atoms with Crippen LogP contribution in [0.3, 0.4) is 0 Å². The van der Waals surface area contributed by atoms with Crippen LogP contribution in [0.25, 0.3) is 0 Å². The highest BCUT2D eigenvalue weighted by Crippen LogP contribution is 2.19. The van der Waals surface area contributed by atoms with Crippen molar-refractivity contribution in [1.82, 2.24) is 10.2 Å². The van der Waals surface area contributed by atoms with Crippen molar-refractivity contribution in [3.63, 3.8) is 0 Å². The van der Waals surface area contributed by atoms with Crippen LogP contribution in [-0.4, -0.2) is 56.2 Å². The maximum Gasteiger partial charge on any atom is 0.221 e. The van der Waals surface area contributed by atoms with E-state index in [1.807, 2.05) is 20.8 Å². The van der Waals surface area contributed by atoms with Gasteiger partial charge in [-0.15, -0.1) is 0 Å². The van der Waals surface area contributed by atoms with Crippen LogP contribution in [0.5, 0.6) is 0 Å². The minimum atomic E-state index is -0.118. The number of hydrogen-bond donors (Lipinski definition) is 2. The zero-order valence-corrected chi connectivity index (χ0v) is 12.0. The van der Waals surface area contributed by atoms with Gasteiger partial charge in [-0.05, 0) is 12.5 Å². The van der Waals surface area contributed by atoms with Gasteiger partial charge in [0.2, 0.25) is 5.91 Å². The summed E-state index contributed by atoms with van der Waals surface area (Å²) in [5, 5.41) is 2.91. The molecule has 0 saturated carbocycles. The molecule has 18 heavy (non-hydrogen) atoms. The van der Waals surface area contributed by atoms with E-state index < -0.39 is 0 Å². The second kappa shape index (κ2) is 6.50. The third-order valence-electron chi connectivity index (χ3n) is 3.39. The van der Waals surface area contributed by atoms with Gasteiger partial charge in [-0.3, -0.25) is 4.79 Å². The van der Waals surface area contributed by atoms with Crippen molar-refractivity contribution in [2.75, 3.05) is 33.3 Å². The molecule has 5 heteroatoms. The lowest BCUT2D eigenvalue weighted by Crippen LogP contribution is -2.47. The summed E-state index contributed by atoms with van der Waals surface area (Å²) in [4.78, 5) is 14.0. The first-order chi connectivity index (χ1) is 8.29. The second-order valence-electron chi connectivity index (χ2n) is 6.24. The molecule has 1 fully saturated rings. The predicted molar refractivity (Wildman–Crippen MR) is 72.3 cm³/mol. The van der Waals surface area contributed by atoms with Gasteiger partial charge >= 0.3 is 0 Å². The highest BCUT2D eigenvalue weighted by molar-refractivity contribution is 5.76. The Morgan fingerprint density at radius 2 is 2.22 bits per heavy atom. The Morgan fingerprint density at radius 3 is 2.78 bits per heavy atom. The first-order valence-electron chi connectivity index (χ1n) is 6.61. The Balaban J connectivity index is 2.24. The van der Waals surface area contributed by atoms with Crippen molar-refractivity contribution in [3.05, 3.63) is 0 Å². The van der Waals surface area contributed by atoms with Crippen LogP contribution >= 0.6 is 0 Å². The molecular weight excluding hydrogens is 230 g/mol. The lowest BCUT2D eigenvalue weighted by Gasteiger charge is -2.30. The highest BCUT2D eigenvalue weighted by Gasteiger charge is 2.24. The monoisotopic (exact) mass is 257 g/mol. The summed E-state index contributed by atoms with van der Waals surface area (Å²) >= 11 is 0. The molecule has 0 aliphatic carbocycles. The van der Waals surface area contributed by atoms with E-state index >= 15 is 0 Å². The van der Waals surface area contributed by atoms with Crippen LogP contribution in [-0.2, 0) is 9.53 Å². The molecule has 1 heterocycles. The quantitative estimate of drug-likeness (QED) is 0.755. The van der Waals surface area contributed by atoms with Crippen LogP contribution in [0.2, 0.25) is 0 Å². The predicted octanol–water partition coefficient (Wildman–Crippen LogP) is 0.197. The average molecular weight is 257 g/mol. The van der Waals surface area contributed by atoms with Crippen LogP contribution in [0.4, 0.5) is 0 Å². The molecule has 1 amide bonds. The van der Waals surface area contributed by atoms with Crippen LogP contribution in [0, 0.1) is 5.41 Å². The van der Waals surface area contributed by atoms with E-state index in [0.717, 1.165) is 19.7 Å². The van der Waals surface area contributed by atoms with Crippen molar-refractivity contribution in [1.29, 1.82) is 0 Å². The molecule has 0 aromatic carbocycles. The minimum Gasteiger partial charge on any atom is -0.374 e. The lowest BCUT2D eigenvalue weighted by molar-refractivity contribution is -0.123. The fourth-order valence-electron chi connectivity index (χ4n) is 1.80. The van der Waals surface area contributed by atoms with Crippen molar-refractivity contribution in [2.45, 2.75) is 39.3 Å². The summed E-state index contributed by atoms with van der Waals surface area (Å²) < 4.78 is 5.58. The van der Waals surface area contributed by atoms with Gasteiger partial charge in [0.05, 0.1) is 12.7 Å². The number of ether oxygens (including phenoxy) is 1. The molecule has 5 nitrogen and oxygen atoms in total. The average Bonchev–Trinajstić information content (AvgIpc) is 2.25. The molecule has 1 aliphatic heterocycles. The maximum atomic E-state index is 11.8. The van der Waals surface area contributed by atoms with E-state index in [2.05, 4.69) is 17.3 Å². The van der Waals surface area contributed by atoms with Gasteiger partial charge in [-0.2, -0.15) is 0 Å². The van der Waals surface area contributed by atoms with E-state index in [9.17, 15) is 4.79 Å². The van der Waals surface area contributed by atoms with Crippen LogP contribution < -0.4 is 11.1 Å². The summed E-state index contributed by atoms with van der Waals surface area (Å²) in [6.07, 6.45) is 0.463. The van der Waals surface area contributed by atoms with Gasteiger partial charge in [-0.1, -0.05) is 20.8 Å². The number of carbonyl (C=O) groups excluding carboxylic acids is 1. The smallest absolute Gasteiger partial charge is 0.221 e. The standard InChI is InChI=1S/C13H27N3O2/c1-13(2,3)11(14)7-12(17)15-8-10-9-16(4)5-6-18-10/h10-11H,5-9,14H2,1-4H3,(H,15,17). The summed E-state index contributed by atoms with van der Waals surface area (Å²) in [5.41, 5.74) is 5.94. The molecule has 106 valence electrons. The summed E-state index contributed by atoms with van der Waals surface area (Å²) in [6, 6.07) is -0.118. The van der Waals surface area contributed by atoms with E-state index in [1.165, 1.54) is 0 Å². The van der Waals surface area contributed by atoms with E-state index in [-0.39, 0.29) is 23.5 Å². The normalized spacial score (nSPS) is 23.7. The number of carbonyl (C=O) groups is 1. The Kier molecular flexibility index (Phi) is 5.56. The Bertz CT molecular complexity index is 276. The zero-order chi connectivity index (χ0) is 13.8. The highest BCUT2D eigenvalue weighted by atomic mass is 16.5. The van der Waals surface area contributed by atoms with Gasteiger partial charge in [0.15, 0.2) is 0 Å². The molecule has 0 aromatic rings. The van der Waals surface area contributed by atoms with Gasteiger partial charge in [-0.25, -0.2) is 0 Å². The summed E-state index contributed by atoms with van der Waals surface area (Å²) in [7, 11) is 2.06. The molecule has 0 spiro atoms. The summed E-state index contributed by atoms with van der Waals surface area (Å²) in [5.74, 6) is 0.00857. The van der Waals surface area contributed by atoms with E-state index in [4.69, 9.17) is 10.5 Å². The van der Waals surface area contributed by atoms with Crippen molar-refractivity contribution in [3.8, 4) is 0 Å². The largest absolute Gasteiger partial charge is 0.374 e. The third kappa shape index (κ3) is 5.33. The number of nitrogens with two attached hydrogens (primary N) is 1. The maximum absolute atomic E-state index is 11.8. The minimum absolute atomic E-state index is 0.00857. The van der Waals surface area contributed by atoms with Gasteiger partial charge < -0.3 is 20.7 Å². The third-order valence-corrected chi connectivity index (χ3v) is 3.39. The van der Waals surface area contributed by atoms with Crippen LogP contribution in [0.1, 0.15) is 27.2 Å². The fourth-order valence-corrected chi connectivity index (χ4v) is 1.80. The molecule has 1 saturated heterocycles. The number of amides is 1. The summed E-state index contributed by atoms with van der Waals surface area (Å²) in [6.45, 7) is 9.27. The molecule has 3 N–H and O–H groups in total. The first kappa shape index (κ1) is 15.4. The molecule has 1 rings (SSSR count). The molecule has 2 unspecified atom stereocenters. The number of morpholine rings is 1. The van der Waals surface area contributed by atoms with E-state index in [1.54, 1.807) is 0 Å². The molecular formula is C13H27N3O2. The first-order valence-corrected chi connectivity index (χ1v) is 6.61. The molecule has 0 bridgehead atoms. The Labute approximate surface area is 110 Å². The van der Waals surface area contributed by atoms with E-state index in [0.29, 0.717) is 13.0 Å². The van der Waals surface area contributed by atoms with Crippen molar-refractivity contribution >= 4 is 5.91 Å². The SMILES string of the molecule is CN1CCOC(CNC(=O)CC(N)C(C)(C)C)C1. The second-order valence-corrected chi connectivity index (χ2v) is 6.24. The number of rotatable bonds is 4. The molecule has 0 aromatic heterocycles. The lowest BCUT2D eigenvalue weighted by atomic mass is 9.85. The number of likely N-dealkylation sites (N-methyl/N-ethyl adjacent to an activating group) is 1. The number of nitrogens with zero attached hydrogens (tertiary/aromatic N) is 1. The van der Waals surface area contributed by atoms with Crippen molar-refractivity contribution < 1.29 is 9.53 Å². The van der Waals surface area contributed by atoms with Gasteiger partial charge in [0.1, 0.15) is 0 Å². The molecule has 1 aliphatic rings. The fraction of sp³-hybridized carbons (Fsp3) is 0.923. The Hall–Kier alpha value is -0.650. The molecule has 2 atom stereocenters. The van der Waals surface area contributed by atoms with Crippen molar-refractivity contribution in [2.24, 2.45) is 11.1 Å². The number of hydrogen-bond acceptors (Lipinski definition) is 4. The zero-order valence-electron chi connectivity index (χ0n) is 12.0. The number of nitrogens with one attached hydrogen (secondary N) is 1. The van der Waals surface area contributed by atoms with Gasteiger partial charge in [0.25, 0.3) is 0 Å². The van der Waals surface area contributed by atoms with Crippen LogP contribution in [0.15, 0.2) is 0 Å². The van der Waals surface area contributed by atoms with Gasteiger partial charge in [0, 0.05) is 32.1 Å². The molecule has 0 radical (unpaired) electrons. The Morgan fingerprint density at radius 1 is 1.56 bits per heavy atom. The topological polar surface area (TPSA) is 67.6 Å².